The number of hydrogen-bond donors (Lipinski definition) is 1. The average Bonchev–Trinajstić information content (AvgIpc) is 2.76. The van der Waals surface area contributed by atoms with Gasteiger partial charge >= 0.3 is 5.97 Å². The monoisotopic (exact) mass is 322 g/mol. The van der Waals surface area contributed by atoms with Crippen molar-refractivity contribution >= 4 is 44.8 Å². The first kappa shape index (κ1) is 12.4. The molecule has 0 bridgehead atoms. The van der Waals surface area contributed by atoms with Crippen molar-refractivity contribution in [3.8, 4) is 0 Å². The van der Waals surface area contributed by atoms with Gasteiger partial charge in [-0.1, -0.05) is 11.6 Å². The molecule has 2 nitrogen and oxygen atoms in total. The van der Waals surface area contributed by atoms with Crippen LogP contribution in [0.1, 0.15) is 24.1 Å². The molecule has 88 valence electrons. The quantitative estimate of drug-likeness (QED) is 0.905. The summed E-state index contributed by atoms with van der Waals surface area (Å²) in [5, 5.41) is 8.92. The summed E-state index contributed by atoms with van der Waals surface area (Å²) in [5.74, 6) is -0.278. The maximum Gasteiger partial charge on any atom is 0.306 e. The fourth-order valence-electron chi connectivity index (χ4n) is 2.26. The van der Waals surface area contributed by atoms with Crippen molar-refractivity contribution in [1.82, 2.24) is 0 Å². The number of carboxylic acids is 1. The Kier molecular flexibility index (Phi) is 3.93. The Morgan fingerprint density at radius 3 is 2.88 bits per heavy atom. The lowest BCUT2D eigenvalue weighted by Gasteiger charge is -2.06. The van der Waals surface area contributed by atoms with Crippen LogP contribution in [0.15, 0.2) is 10.5 Å². The molecule has 1 N–H and O–H groups in total. The average molecular weight is 324 g/mol. The van der Waals surface area contributed by atoms with E-state index in [1.807, 2.05) is 6.07 Å². The van der Waals surface area contributed by atoms with Crippen molar-refractivity contribution in [2.45, 2.75) is 25.7 Å². The zero-order valence-corrected chi connectivity index (χ0v) is 11.7. The summed E-state index contributed by atoms with van der Waals surface area (Å²) in [7, 11) is 0. The van der Waals surface area contributed by atoms with Gasteiger partial charge in [0.15, 0.2) is 0 Å². The van der Waals surface area contributed by atoms with Gasteiger partial charge in [-0.15, -0.1) is 11.3 Å². The normalized spacial score (nSPS) is 24.9. The Balaban J connectivity index is 1.94. The molecule has 5 heteroatoms. The van der Waals surface area contributed by atoms with Crippen LogP contribution < -0.4 is 0 Å². The summed E-state index contributed by atoms with van der Waals surface area (Å²) in [5.41, 5.74) is 0. The van der Waals surface area contributed by atoms with E-state index < -0.39 is 5.97 Å². The third kappa shape index (κ3) is 2.79. The smallest absolute Gasteiger partial charge is 0.306 e. The molecule has 1 saturated carbocycles. The van der Waals surface area contributed by atoms with Crippen LogP contribution in [0, 0.1) is 11.8 Å². The highest BCUT2D eigenvalue weighted by molar-refractivity contribution is 9.10. The lowest BCUT2D eigenvalue weighted by atomic mass is 10.0. The predicted octanol–water partition coefficient (Wildman–Crippen LogP) is 4.21. The topological polar surface area (TPSA) is 37.3 Å². The Hall–Kier alpha value is -0.0600. The van der Waals surface area contributed by atoms with E-state index in [-0.39, 0.29) is 5.92 Å². The van der Waals surface area contributed by atoms with Crippen LogP contribution in [-0.2, 0) is 11.2 Å². The molecular weight excluding hydrogens is 312 g/mol. The number of thiophene rings is 1. The van der Waals surface area contributed by atoms with E-state index in [1.165, 1.54) is 4.88 Å². The van der Waals surface area contributed by atoms with Crippen LogP contribution in [0.4, 0.5) is 0 Å². The van der Waals surface area contributed by atoms with E-state index in [2.05, 4.69) is 15.9 Å². The van der Waals surface area contributed by atoms with Gasteiger partial charge in [-0.3, -0.25) is 4.79 Å². The van der Waals surface area contributed by atoms with Crippen LogP contribution in [0.25, 0.3) is 0 Å². The van der Waals surface area contributed by atoms with Crippen molar-refractivity contribution in [1.29, 1.82) is 0 Å². The third-order valence-electron chi connectivity index (χ3n) is 3.08. The van der Waals surface area contributed by atoms with E-state index >= 15 is 0 Å². The van der Waals surface area contributed by atoms with Crippen LogP contribution in [0.3, 0.4) is 0 Å². The minimum absolute atomic E-state index is 0.135. The molecule has 1 fully saturated rings. The van der Waals surface area contributed by atoms with E-state index in [1.54, 1.807) is 11.3 Å². The van der Waals surface area contributed by atoms with E-state index in [0.717, 1.165) is 34.5 Å². The highest BCUT2D eigenvalue weighted by Crippen LogP contribution is 2.38. The van der Waals surface area contributed by atoms with Crippen molar-refractivity contribution in [2.24, 2.45) is 11.8 Å². The molecule has 16 heavy (non-hydrogen) atoms. The Morgan fingerprint density at radius 1 is 1.62 bits per heavy atom. The second-order valence-corrected chi connectivity index (χ2v) is 6.85. The molecular formula is C11H12BrClO2S. The first-order valence-corrected chi connectivity index (χ1v) is 7.21. The molecule has 0 saturated heterocycles. The fraction of sp³-hybridized carbons (Fsp3) is 0.545. The minimum Gasteiger partial charge on any atom is -0.481 e. The maximum atomic E-state index is 10.8. The number of carboxylic acid groups (broad SMARTS) is 1. The highest BCUT2D eigenvalue weighted by Gasteiger charge is 2.29. The van der Waals surface area contributed by atoms with Gasteiger partial charge in [0, 0.05) is 9.35 Å². The van der Waals surface area contributed by atoms with Gasteiger partial charge in [-0.2, -0.15) is 0 Å². The summed E-state index contributed by atoms with van der Waals surface area (Å²) in [4.78, 5) is 12.1. The van der Waals surface area contributed by atoms with Gasteiger partial charge in [0.05, 0.1) is 5.92 Å². The predicted molar refractivity (Wildman–Crippen MR) is 69.2 cm³/mol. The molecule has 1 aliphatic carbocycles. The van der Waals surface area contributed by atoms with Crippen molar-refractivity contribution in [2.75, 3.05) is 0 Å². The molecule has 0 spiro atoms. The number of halogens is 2. The first-order chi connectivity index (χ1) is 7.56. The largest absolute Gasteiger partial charge is 0.481 e. The van der Waals surface area contributed by atoms with Crippen molar-refractivity contribution in [3.63, 3.8) is 0 Å². The number of rotatable bonds is 3. The molecule has 1 heterocycles. The molecule has 0 aromatic carbocycles. The zero-order chi connectivity index (χ0) is 11.7. The molecule has 1 aromatic rings. The maximum absolute atomic E-state index is 10.8. The Bertz CT molecular complexity index is 385. The van der Waals surface area contributed by atoms with Crippen molar-refractivity contribution in [3.05, 3.63) is 19.8 Å². The molecule has 2 atom stereocenters. The van der Waals surface area contributed by atoms with E-state index in [0.29, 0.717) is 5.92 Å². The van der Waals surface area contributed by atoms with Crippen LogP contribution in [-0.4, -0.2) is 11.1 Å². The molecule has 2 rings (SSSR count). The van der Waals surface area contributed by atoms with Gasteiger partial charge < -0.3 is 5.11 Å². The number of hydrogen-bond acceptors (Lipinski definition) is 2. The molecule has 1 aliphatic rings. The third-order valence-corrected chi connectivity index (χ3v) is 5.57. The summed E-state index contributed by atoms with van der Waals surface area (Å²) >= 11 is 10.9. The summed E-state index contributed by atoms with van der Waals surface area (Å²) < 4.78 is 1.73. The van der Waals surface area contributed by atoms with E-state index in [4.69, 9.17) is 16.7 Å². The van der Waals surface area contributed by atoms with Gasteiger partial charge in [-0.25, -0.2) is 0 Å². The minimum atomic E-state index is -0.645. The van der Waals surface area contributed by atoms with Crippen LogP contribution in [0.2, 0.25) is 4.34 Å². The lowest BCUT2D eigenvalue weighted by molar-refractivity contribution is -0.141. The molecule has 0 amide bonds. The summed E-state index contributed by atoms with van der Waals surface area (Å²) in [6, 6.07) is 2.04. The molecule has 0 radical (unpaired) electrons. The second kappa shape index (κ2) is 5.07. The number of carbonyl (C=O) groups is 1. The highest BCUT2D eigenvalue weighted by atomic mass is 79.9. The SMILES string of the molecule is O=C(O)C1CC[C@@H](Cc2cc(Br)c(Cl)s2)C1. The van der Waals surface area contributed by atoms with Crippen LogP contribution in [0.5, 0.6) is 0 Å². The van der Waals surface area contributed by atoms with Gasteiger partial charge in [-0.05, 0) is 53.6 Å². The second-order valence-electron chi connectivity index (χ2n) is 4.25. The van der Waals surface area contributed by atoms with Crippen LogP contribution >= 0.6 is 38.9 Å². The Labute approximate surface area is 112 Å². The summed E-state index contributed by atoms with van der Waals surface area (Å²) in [6.45, 7) is 0. The fourth-order valence-corrected chi connectivity index (χ4v) is 4.17. The standard InChI is InChI=1S/C11H12BrClO2S/c12-9-5-8(16-10(9)13)4-6-1-2-7(3-6)11(14)15/h5-7H,1-4H2,(H,14,15)/t6-,7?/m1/s1. The van der Waals surface area contributed by atoms with E-state index in [9.17, 15) is 4.79 Å². The Morgan fingerprint density at radius 2 is 2.38 bits per heavy atom. The number of aliphatic carboxylic acids is 1. The molecule has 0 aliphatic heterocycles. The van der Waals surface area contributed by atoms with Gasteiger partial charge in [0.2, 0.25) is 0 Å². The molecule has 1 unspecified atom stereocenters. The van der Waals surface area contributed by atoms with Crippen molar-refractivity contribution < 1.29 is 9.90 Å². The van der Waals surface area contributed by atoms with Gasteiger partial charge in [0.25, 0.3) is 0 Å². The van der Waals surface area contributed by atoms with Gasteiger partial charge in [0.1, 0.15) is 4.34 Å². The first-order valence-electron chi connectivity index (χ1n) is 5.22. The zero-order valence-electron chi connectivity index (χ0n) is 8.58. The summed E-state index contributed by atoms with van der Waals surface area (Å²) in [6.07, 6.45) is 3.60. The molecule has 1 aromatic heterocycles. The lowest BCUT2D eigenvalue weighted by Crippen LogP contribution is -2.09.